The summed E-state index contributed by atoms with van der Waals surface area (Å²) >= 11 is 3.49. The molecule has 0 fully saturated rings. The lowest BCUT2D eigenvalue weighted by molar-refractivity contribution is 0.532. The first-order valence-electron chi connectivity index (χ1n) is 11.7. The van der Waals surface area contributed by atoms with E-state index in [1.54, 1.807) is 0 Å². The maximum Gasteiger partial charge on any atom is 0.0401 e. The molecule has 0 atom stereocenters. The van der Waals surface area contributed by atoms with Gasteiger partial charge in [-0.3, -0.25) is 4.98 Å². The maximum atomic E-state index is 4.08. The van der Waals surface area contributed by atoms with Crippen LogP contribution in [0.2, 0.25) is 0 Å². The number of halogens is 1. The molecule has 0 bridgehead atoms. The van der Waals surface area contributed by atoms with Crippen molar-refractivity contribution >= 4 is 15.9 Å². The van der Waals surface area contributed by atoms with Crippen molar-refractivity contribution in [3.05, 3.63) is 29.6 Å². The summed E-state index contributed by atoms with van der Waals surface area (Å²) in [5.74, 6) is 0. The molecule has 0 radical (unpaired) electrons. The molecular formula is C25H46BrN. The van der Waals surface area contributed by atoms with Crippen molar-refractivity contribution in [1.82, 2.24) is 4.98 Å². The smallest absolute Gasteiger partial charge is 0.0401 e. The number of nitrogens with zero attached hydrogens (tertiary/aromatic N) is 1. The number of hydrogen-bond acceptors (Lipinski definition) is 1. The number of aromatic nitrogens is 1. The number of unbranched alkanes of at least 4 members (excludes halogenated alkanes) is 15. The van der Waals surface area contributed by atoms with E-state index in [2.05, 4.69) is 40.8 Å². The van der Waals surface area contributed by atoms with E-state index >= 15 is 0 Å². The number of alkyl halides is 1. The molecule has 0 N–H and O–H groups in total. The minimum atomic E-state index is 1.12. The van der Waals surface area contributed by atoms with Gasteiger partial charge >= 0.3 is 0 Å². The summed E-state index contributed by atoms with van der Waals surface area (Å²) in [6.07, 6.45) is 25.1. The zero-order valence-corrected chi connectivity index (χ0v) is 20.2. The van der Waals surface area contributed by atoms with E-state index in [1.807, 2.05) is 19.2 Å². The van der Waals surface area contributed by atoms with Gasteiger partial charge in [0.25, 0.3) is 0 Å². The largest absolute Gasteiger partial charge is 0.261 e. The maximum absolute atomic E-state index is 4.08. The predicted octanol–water partition coefficient (Wildman–Crippen LogP) is 9.34. The number of hydrogen-bond donors (Lipinski definition) is 0. The topological polar surface area (TPSA) is 12.9 Å². The van der Waals surface area contributed by atoms with Crippen LogP contribution >= 0.6 is 15.9 Å². The van der Waals surface area contributed by atoms with Gasteiger partial charge in [-0.2, -0.15) is 0 Å². The molecule has 0 amide bonds. The first kappa shape index (κ1) is 26.6. The van der Waals surface area contributed by atoms with Gasteiger partial charge in [0.1, 0.15) is 0 Å². The molecule has 2 heteroatoms. The summed E-state index contributed by atoms with van der Waals surface area (Å²) in [6, 6.07) is 4.00. The highest BCUT2D eigenvalue weighted by molar-refractivity contribution is 9.09. The summed E-state index contributed by atoms with van der Waals surface area (Å²) in [6.45, 7) is 6.36. The lowest BCUT2D eigenvalue weighted by Gasteiger charge is -2.03. The molecule has 0 aliphatic heterocycles. The van der Waals surface area contributed by atoms with Gasteiger partial charge in [0.05, 0.1) is 0 Å². The van der Waals surface area contributed by atoms with Crippen LogP contribution in [0.5, 0.6) is 0 Å². The standard InChI is InChI=1S/C18H37Br.C7H9N/c1-2-3-4-5-6-7-8-9-10-11-12-13-14-15-16-17-18-19;1-6-4-3-5-8-7(6)2/h2-18H2,1H3;3-5H,1-2H3. The van der Waals surface area contributed by atoms with Gasteiger partial charge in [0, 0.05) is 17.2 Å². The zero-order valence-electron chi connectivity index (χ0n) is 18.6. The first-order valence-corrected chi connectivity index (χ1v) is 12.8. The molecular weight excluding hydrogens is 394 g/mol. The van der Waals surface area contributed by atoms with Gasteiger partial charge in [0.2, 0.25) is 0 Å². The fraction of sp³-hybridized carbons (Fsp3) is 0.800. The Labute approximate surface area is 179 Å². The van der Waals surface area contributed by atoms with E-state index in [4.69, 9.17) is 0 Å². The lowest BCUT2D eigenvalue weighted by Crippen LogP contribution is -1.83. The summed E-state index contributed by atoms with van der Waals surface area (Å²) in [7, 11) is 0. The van der Waals surface area contributed by atoms with Crippen LogP contribution in [0.25, 0.3) is 0 Å². The average molecular weight is 441 g/mol. The van der Waals surface area contributed by atoms with Crippen LogP contribution in [0.3, 0.4) is 0 Å². The molecule has 0 aromatic carbocycles. The molecule has 1 heterocycles. The van der Waals surface area contributed by atoms with Crippen molar-refractivity contribution in [3.63, 3.8) is 0 Å². The predicted molar refractivity (Wildman–Crippen MR) is 127 cm³/mol. The van der Waals surface area contributed by atoms with Gasteiger partial charge in [-0.25, -0.2) is 0 Å². The molecule has 0 spiro atoms. The van der Waals surface area contributed by atoms with Crippen molar-refractivity contribution in [2.45, 2.75) is 124 Å². The minimum Gasteiger partial charge on any atom is -0.261 e. The molecule has 1 aromatic heterocycles. The Bertz CT molecular complexity index is 368. The summed E-state index contributed by atoms with van der Waals surface area (Å²) < 4.78 is 0. The lowest BCUT2D eigenvalue weighted by atomic mass is 10.0. The Hall–Kier alpha value is -0.370. The SMILES string of the molecule is CCCCCCCCCCCCCCCCCCBr.Cc1cccnc1C. The number of pyridine rings is 1. The molecule has 27 heavy (non-hydrogen) atoms. The van der Waals surface area contributed by atoms with E-state index in [-0.39, 0.29) is 0 Å². The highest BCUT2D eigenvalue weighted by atomic mass is 79.9. The molecule has 0 aliphatic carbocycles. The van der Waals surface area contributed by atoms with Crippen LogP contribution < -0.4 is 0 Å². The van der Waals surface area contributed by atoms with Crippen LogP contribution in [0.1, 0.15) is 121 Å². The van der Waals surface area contributed by atoms with Gasteiger partial charge in [0.15, 0.2) is 0 Å². The van der Waals surface area contributed by atoms with Crippen molar-refractivity contribution in [1.29, 1.82) is 0 Å². The van der Waals surface area contributed by atoms with Crippen molar-refractivity contribution in [3.8, 4) is 0 Å². The van der Waals surface area contributed by atoms with E-state index in [9.17, 15) is 0 Å². The second kappa shape index (κ2) is 21.9. The summed E-state index contributed by atoms with van der Waals surface area (Å²) in [5.41, 5.74) is 2.38. The summed E-state index contributed by atoms with van der Waals surface area (Å²) in [4.78, 5) is 4.08. The molecule has 0 unspecified atom stereocenters. The second-order valence-corrected chi connectivity index (χ2v) is 8.69. The van der Waals surface area contributed by atoms with E-state index in [0.717, 1.165) is 5.69 Å². The quantitative estimate of drug-likeness (QED) is 0.184. The Morgan fingerprint density at radius 2 is 1.07 bits per heavy atom. The third-order valence-electron chi connectivity index (χ3n) is 5.26. The van der Waals surface area contributed by atoms with Crippen LogP contribution in [0.15, 0.2) is 18.3 Å². The molecule has 1 aromatic rings. The Kier molecular flexibility index (Phi) is 21.6. The highest BCUT2D eigenvalue weighted by Crippen LogP contribution is 2.13. The van der Waals surface area contributed by atoms with Gasteiger partial charge in [-0.1, -0.05) is 125 Å². The van der Waals surface area contributed by atoms with Crippen molar-refractivity contribution in [2.24, 2.45) is 0 Å². The number of aryl methyl sites for hydroxylation is 2. The number of rotatable bonds is 16. The second-order valence-electron chi connectivity index (χ2n) is 7.90. The van der Waals surface area contributed by atoms with Crippen LogP contribution in [-0.2, 0) is 0 Å². The monoisotopic (exact) mass is 439 g/mol. The van der Waals surface area contributed by atoms with Crippen LogP contribution in [-0.4, -0.2) is 10.3 Å². The van der Waals surface area contributed by atoms with Crippen LogP contribution in [0, 0.1) is 13.8 Å². The van der Waals surface area contributed by atoms with Gasteiger partial charge in [-0.05, 0) is 31.9 Å². The van der Waals surface area contributed by atoms with Gasteiger partial charge in [-0.15, -0.1) is 0 Å². The molecule has 158 valence electrons. The first-order chi connectivity index (χ1) is 13.2. The third-order valence-corrected chi connectivity index (χ3v) is 5.82. The molecule has 1 rings (SSSR count). The van der Waals surface area contributed by atoms with E-state index < -0.39 is 0 Å². The summed E-state index contributed by atoms with van der Waals surface area (Å²) in [5, 5.41) is 1.19. The highest BCUT2D eigenvalue weighted by Gasteiger charge is 1.94. The Balaban J connectivity index is 0.000000694. The third kappa shape index (κ3) is 20.2. The normalized spacial score (nSPS) is 10.5. The van der Waals surface area contributed by atoms with Crippen molar-refractivity contribution in [2.75, 3.05) is 5.33 Å². The zero-order chi connectivity index (χ0) is 20.0. The average Bonchev–Trinajstić information content (AvgIpc) is 2.68. The fourth-order valence-electron chi connectivity index (χ4n) is 3.21. The molecule has 0 saturated carbocycles. The molecule has 0 saturated heterocycles. The Morgan fingerprint density at radius 1 is 0.667 bits per heavy atom. The van der Waals surface area contributed by atoms with Crippen molar-refractivity contribution < 1.29 is 0 Å². The molecule has 0 aliphatic rings. The van der Waals surface area contributed by atoms with Crippen LogP contribution in [0.4, 0.5) is 0 Å². The fourth-order valence-corrected chi connectivity index (χ4v) is 3.60. The minimum absolute atomic E-state index is 1.12. The van der Waals surface area contributed by atoms with E-state index in [0.29, 0.717) is 0 Å². The van der Waals surface area contributed by atoms with E-state index in [1.165, 1.54) is 114 Å². The Morgan fingerprint density at radius 3 is 1.37 bits per heavy atom. The van der Waals surface area contributed by atoms with Gasteiger partial charge < -0.3 is 0 Å². The molecule has 1 nitrogen and oxygen atoms in total.